The second-order valence-electron chi connectivity index (χ2n) is 7.78. The number of hydrogen-bond acceptors (Lipinski definition) is 4. The summed E-state index contributed by atoms with van der Waals surface area (Å²) in [4.78, 5) is 16.2. The lowest BCUT2D eigenvalue weighted by atomic mass is 10.00. The molecular formula is C23H33IN6. The van der Waals surface area contributed by atoms with Gasteiger partial charge in [0.2, 0.25) is 0 Å². The van der Waals surface area contributed by atoms with Crippen LogP contribution in [0.25, 0.3) is 0 Å². The second-order valence-corrected chi connectivity index (χ2v) is 7.78. The largest absolute Gasteiger partial charge is 0.356 e. The summed E-state index contributed by atoms with van der Waals surface area (Å²) >= 11 is 0. The molecule has 6 nitrogen and oxygen atoms in total. The van der Waals surface area contributed by atoms with Crippen molar-refractivity contribution >= 4 is 35.8 Å². The molecule has 0 bridgehead atoms. The van der Waals surface area contributed by atoms with Crippen LogP contribution in [0.15, 0.2) is 53.7 Å². The molecule has 2 aromatic rings. The van der Waals surface area contributed by atoms with Crippen LogP contribution in [-0.4, -0.2) is 73.6 Å². The highest BCUT2D eigenvalue weighted by atomic mass is 127. The SMILES string of the molecule is CN=C(NCCCN1CCc2ccccc2C1)N1CCN(c2ccccn2)CC1.I. The number of nitrogens with zero attached hydrogens (tertiary/aromatic N) is 5. The molecule has 0 amide bonds. The summed E-state index contributed by atoms with van der Waals surface area (Å²) in [6.07, 6.45) is 4.17. The van der Waals surface area contributed by atoms with Crippen molar-refractivity contribution in [2.24, 2.45) is 4.99 Å². The monoisotopic (exact) mass is 520 g/mol. The molecule has 1 fully saturated rings. The highest BCUT2D eigenvalue weighted by molar-refractivity contribution is 14.0. The molecule has 0 saturated carbocycles. The fraction of sp³-hybridized carbons (Fsp3) is 0.478. The number of benzene rings is 1. The molecule has 30 heavy (non-hydrogen) atoms. The number of hydrogen-bond donors (Lipinski definition) is 1. The maximum atomic E-state index is 4.51. The van der Waals surface area contributed by atoms with Gasteiger partial charge in [0.25, 0.3) is 0 Å². The van der Waals surface area contributed by atoms with Gasteiger partial charge in [0, 0.05) is 65.6 Å². The fourth-order valence-corrected chi connectivity index (χ4v) is 4.27. The third kappa shape index (κ3) is 5.85. The highest BCUT2D eigenvalue weighted by Gasteiger charge is 2.20. The van der Waals surface area contributed by atoms with Crippen molar-refractivity contribution in [2.75, 3.05) is 57.8 Å². The van der Waals surface area contributed by atoms with Gasteiger partial charge in [-0.1, -0.05) is 30.3 Å². The smallest absolute Gasteiger partial charge is 0.193 e. The van der Waals surface area contributed by atoms with E-state index in [0.29, 0.717) is 0 Å². The topological polar surface area (TPSA) is 47.0 Å². The molecule has 0 unspecified atom stereocenters. The van der Waals surface area contributed by atoms with Gasteiger partial charge in [0.05, 0.1) is 0 Å². The minimum absolute atomic E-state index is 0. The molecule has 1 saturated heterocycles. The van der Waals surface area contributed by atoms with Gasteiger partial charge in [-0.15, -0.1) is 24.0 Å². The zero-order valence-corrected chi connectivity index (χ0v) is 20.2. The lowest BCUT2D eigenvalue weighted by molar-refractivity contribution is 0.251. The molecule has 2 aliphatic rings. The first kappa shape index (κ1) is 22.8. The standard InChI is InChI=1S/C23H32N6.HI/c1-24-23(29-17-15-28(16-18-29)22-9-4-5-11-25-22)26-12-6-13-27-14-10-20-7-2-3-8-21(20)19-27;/h2-5,7-9,11H,6,10,12-19H2,1H3,(H,24,26);1H. The Labute approximate surface area is 197 Å². The number of piperazine rings is 1. The number of nitrogens with one attached hydrogen (secondary N) is 1. The van der Waals surface area contributed by atoms with Gasteiger partial charge < -0.3 is 15.1 Å². The van der Waals surface area contributed by atoms with Gasteiger partial charge in [0.1, 0.15) is 5.82 Å². The quantitative estimate of drug-likeness (QED) is 0.285. The summed E-state index contributed by atoms with van der Waals surface area (Å²) in [5.74, 6) is 2.09. The maximum Gasteiger partial charge on any atom is 0.193 e. The summed E-state index contributed by atoms with van der Waals surface area (Å²) in [5, 5.41) is 3.57. The van der Waals surface area contributed by atoms with Crippen molar-refractivity contribution in [2.45, 2.75) is 19.4 Å². The number of guanidine groups is 1. The molecule has 3 heterocycles. The van der Waals surface area contributed by atoms with E-state index in [1.807, 2.05) is 19.3 Å². The minimum atomic E-state index is 0. The van der Waals surface area contributed by atoms with Gasteiger partial charge in [-0.2, -0.15) is 0 Å². The highest BCUT2D eigenvalue weighted by Crippen LogP contribution is 2.18. The second kappa shape index (κ2) is 11.5. The predicted octanol–water partition coefficient (Wildman–Crippen LogP) is 2.85. The fourth-order valence-electron chi connectivity index (χ4n) is 4.27. The molecule has 0 aliphatic carbocycles. The molecular weight excluding hydrogens is 487 g/mol. The number of rotatable bonds is 5. The number of aromatic nitrogens is 1. The Morgan fingerprint density at radius 3 is 2.50 bits per heavy atom. The van der Waals surface area contributed by atoms with Crippen molar-refractivity contribution in [3.8, 4) is 0 Å². The minimum Gasteiger partial charge on any atom is -0.356 e. The molecule has 162 valence electrons. The molecule has 1 N–H and O–H groups in total. The molecule has 7 heteroatoms. The zero-order valence-electron chi connectivity index (χ0n) is 17.8. The number of anilines is 1. The number of aliphatic imine (C=N–C) groups is 1. The van der Waals surface area contributed by atoms with Crippen molar-refractivity contribution in [1.82, 2.24) is 20.1 Å². The van der Waals surface area contributed by atoms with Crippen LogP contribution >= 0.6 is 24.0 Å². The summed E-state index contributed by atoms with van der Waals surface area (Å²) in [6, 6.07) is 15.0. The third-order valence-corrected chi connectivity index (χ3v) is 5.91. The average Bonchev–Trinajstić information content (AvgIpc) is 2.80. The number of pyridine rings is 1. The summed E-state index contributed by atoms with van der Waals surface area (Å²) in [7, 11) is 1.88. The van der Waals surface area contributed by atoms with Crippen molar-refractivity contribution in [3.63, 3.8) is 0 Å². The Morgan fingerprint density at radius 1 is 1.00 bits per heavy atom. The number of halogens is 1. The average molecular weight is 520 g/mol. The maximum absolute atomic E-state index is 4.51. The van der Waals surface area contributed by atoms with E-state index in [9.17, 15) is 0 Å². The lowest BCUT2D eigenvalue weighted by Gasteiger charge is -2.37. The van der Waals surface area contributed by atoms with Gasteiger partial charge in [-0.3, -0.25) is 9.89 Å². The normalized spacial score (nSPS) is 17.3. The molecule has 0 atom stereocenters. The van der Waals surface area contributed by atoms with E-state index in [0.717, 1.165) is 64.0 Å². The first-order chi connectivity index (χ1) is 14.3. The van der Waals surface area contributed by atoms with Crippen LogP contribution in [0, 0.1) is 0 Å². The lowest BCUT2D eigenvalue weighted by Crippen LogP contribution is -2.53. The first-order valence-corrected chi connectivity index (χ1v) is 10.7. The summed E-state index contributed by atoms with van der Waals surface area (Å²) < 4.78 is 0. The van der Waals surface area contributed by atoms with Crippen molar-refractivity contribution in [3.05, 3.63) is 59.8 Å². The third-order valence-electron chi connectivity index (χ3n) is 5.91. The van der Waals surface area contributed by atoms with Crippen LogP contribution in [0.5, 0.6) is 0 Å². The van der Waals surface area contributed by atoms with E-state index < -0.39 is 0 Å². The van der Waals surface area contributed by atoms with E-state index in [1.165, 1.54) is 24.1 Å². The van der Waals surface area contributed by atoms with Gasteiger partial charge in [-0.25, -0.2) is 4.98 Å². The van der Waals surface area contributed by atoms with Crippen molar-refractivity contribution < 1.29 is 0 Å². The molecule has 1 aromatic heterocycles. The molecule has 0 spiro atoms. The Balaban J connectivity index is 0.00000256. The first-order valence-electron chi connectivity index (χ1n) is 10.7. The van der Waals surface area contributed by atoms with Crippen LogP contribution in [0.2, 0.25) is 0 Å². The van der Waals surface area contributed by atoms with Gasteiger partial charge in [-0.05, 0) is 36.1 Å². The Kier molecular flexibility index (Phi) is 8.74. The predicted molar refractivity (Wildman–Crippen MR) is 135 cm³/mol. The van der Waals surface area contributed by atoms with Crippen LogP contribution in [0.3, 0.4) is 0 Å². The number of fused-ring (bicyclic) bond motifs is 1. The molecule has 4 rings (SSSR count). The van der Waals surface area contributed by atoms with E-state index in [-0.39, 0.29) is 24.0 Å². The van der Waals surface area contributed by atoms with Crippen molar-refractivity contribution in [1.29, 1.82) is 0 Å². The van der Waals surface area contributed by atoms with Gasteiger partial charge >= 0.3 is 0 Å². The van der Waals surface area contributed by atoms with E-state index in [1.54, 1.807) is 0 Å². The molecule has 2 aliphatic heterocycles. The Bertz CT molecular complexity index is 804. The zero-order chi connectivity index (χ0) is 19.9. The van der Waals surface area contributed by atoms with Gasteiger partial charge in [0.15, 0.2) is 5.96 Å². The molecule has 0 radical (unpaired) electrons. The van der Waals surface area contributed by atoms with Crippen LogP contribution in [0.1, 0.15) is 17.5 Å². The van der Waals surface area contributed by atoms with E-state index in [2.05, 4.69) is 66.4 Å². The van der Waals surface area contributed by atoms with E-state index >= 15 is 0 Å². The van der Waals surface area contributed by atoms with Crippen LogP contribution in [-0.2, 0) is 13.0 Å². The molecule has 1 aromatic carbocycles. The van der Waals surface area contributed by atoms with Crippen LogP contribution < -0.4 is 10.2 Å². The van der Waals surface area contributed by atoms with E-state index in [4.69, 9.17) is 0 Å². The Hall–Kier alpha value is -1.87. The summed E-state index contributed by atoms with van der Waals surface area (Å²) in [5.41, 5.74) is 3.01. The van der Waals surface area contributed by atoms with Crippen LogP contribution in [0.4, 0.5) is 5.82 Å². The Morgan fingerprint density at radius 2 is 1.77 bits per heavy atom. The summed E-state index contributed by atoms with van der Waals surface area (Å²) in [6.45, 7) is 8.24.